The quantitative estimate of drug-likeness (QED) is 0.562. The van der Waals surface area contributed by atoms with Crippen molar-refractivity contribution in [1.29, 1.82) is 0 Å². The van der Waals surface area contributed by atoms with Crippen LogP contribution in [0, 0.1) is 10.1 Å². The number of rotatable bonds is 4. The fraction of sp³-hybridized carbons (Fsp3) is 0.381. The lowest BCUT2D eigenvalue weighted by atomic mass is 10.1. The van der Waals surface area contributed by atoms with Crippen LogP contribution < -0.4 is 9.80 Å². The molecule has 2 aliphatic heterocycles. The molecule has 4 rings (SSSR count). The van der Waals surface area contributed by atoms with Crippen molar-refractivity contribution in [2.24, 2.45) is 0 Å². The number of benzene rings is 2. The summed E-state index contributed by atoms with van der Waals surface area (Å²) in [7, 11) is 0. The molecule has 1 amide bonds. The molecule has 0 aromatic heterocycles. The van der Waals surface area contributed by atoms with E-state index < -0.39 is 0 Å². The van der Waals surface area contributed by atoms with Crippen LogP contribution in [0.1, 0.15) is 23.2 Å². The van der Waals surface area contributed by atoms with E-state index in [0.717, 1.165) is 31.6 Å². The first kappa shape index (κ1) is 19.5. The van der Waals surface area contributed by atoms with Gasteiger partial charge in [0.2, 0.25) is 0 Å². The largest absolute Gasteiger partial charge is 0.368 e. The van der Waals surface area contributed by atoms with Crippen molar-refractivity contribution < 1.29 is 9.72 Å². The van der Waals surface area contributed by atoms with Gasteiger partial charge >= 0.3 is 0 Å². The molecular weight excluding hydrogens is 392 g/mol. The number of nitro groups is 1. The first-order chi connectivity index (χ1) is 14.0. The van der Waals surface area contributed by atoms with Gasteiger partial charge in [0.1, 0.15) is 5.69 Å². The molecule has 2 aliphatic rings. The highest BCUT2D eigenvalue weighted by Crippen LogP contribution is 2.35. The third-order valence-electron chi connectivity index (χ3n) is 5.61. The predicted molar refractivity (Wildman–Crippen MR) is 114 cm³/mol. The minimum Gasteiger partial charge on any atom is -0.368 e. The smallest absolute Gasteiger partial charge is 0.292 e. The summed E-state index contributed by atoms with van der Waals surface area (Å²) >= 11 is 6.00. The molecule has 0 unspecified atom stereocenters. The Balaban J connectivity index is 1.47. The van der Waals surface area contributed by atoms with Gasteiger partial charge in [-0.15, -0.1) is 0 Å². The van der Waals surface area contributed by atoms with Gasteiger partial charge in [-0.05, 0) is 43.2 Å². The average molecular weight is 415 g/mol. The maximum absolute atomic E-state index is 12.7. The fourth-order valence-electron chi connectivity index (χ4n) is 4.05. The van der Waals surface area contributed by atoms with E-state index in [1.54, 1.807) is 30.3 Å². The van der Waals surface area contributed by atoms with Gasteiger partial charge in [0, 0.05) is 61.6 Å². The van der Waals surface area contributed by atoms with Gasteiger partial charge in [0.05, 0.1) is 4.92 Å². The maximum Gasteiger partial charge on any atom is 0.292 e. The predicted octanol–water partition coefficient (Wildman–Crippen LogP) is 3.81. The van der Waals surface area contributed by atoms with Crippen molar-refractivity contribution in [3.8, 4) is 0 Å². The summed E-state index contributed by atoms with van der Waals surface area (Å²) in [5, 5.41) is 12.0. The summed E-state index contributed by atoms with van der Waals surface area (Å²) in [6, 6.07) is 12.3. The van der Waals surface area contributed by atoms with Gasteiger partial charge < -0.3 is 14.7 Å². The minimum atomic E-state index is -0.307. The van der Waals surface area contributed by atoms with Crippen LogP contribution in [0.15, 0.2) is 42.5 Å². The SMILES string of the molecule is O=C(c1cccc(Cl)c1)N1CCN(c2ccc([N+](=O)[O-])c(N3CCCC3)c2)CC1. The van der Waals surface area contributed by atoms with Gasteiger partial charge in [0.25, 0.3) is 11.6 Å². The zero-order valence-corrected chi connectivity index (χ0v) is 16.8. The molecule has 8 heteroatoms. The first-order valence-corrected chi connectivity index (χ1v) is 10.2. The molecule has 2 heterocycles. The molecule has 152 valence electrons. The van der Waals surface area contributed by atoms with Gasteiger partial charge in [-0.1, -0.05) is 17.7 Å². The Morgan fingerprint density at radius 2 is 1.66 bits per heavy atom. The number of amides is 1. The lowest BCUT2D eigenvalue weighted by Crippen LogP contribution is -2.48. The normalized spacial score (nSPS) is 16.9. The monoisotopic (exact) mass is 414 g/mol. The molecule has 2 fully saturated rings. The van der Waals surface area contributed by atoms with Crippen LogP contribution >= 0.6 is 11.6 Å². The summed E-state index contributed by atoms with van der Waals surface area (Å²) < 4.78 is 0. The van der Waals surface area contributed by atoms with E-state index in [9.17, 15) is 14.9 Å². The summed E-state index contributed by atoms with van der Waals surface area (Å²) in [4.78, 5) is 30.0. The molecule has 2 aromatic rings. The number of nitrogens with zero attached hydrogens (tertiary/aromatic N) is 4. The van der Waals surface area contributed by atoms with Crippen molar-refractivity contribution >= 4 is 34.6 Å². The second kappa shape index (κ2) is 8.29. The minimum absolute atomic E-state index is 0.0198. The Labute approximate surface area is 174 Å². The molecule has 0 radical (unpaired) electrons. The molecule has 7 nitrogen and oxygen atoms in total. The molecule has 2 saturated heterocycles. The van der Waals surface area contributed by atoms with Gasteiger partial charge in [-0.2, -0.15) is 0 Å². The molecule has 29 heavy (non-hydrogen) atoms. The summed E-state index contributed by atoms with van der Waals surface area (Å²) in [6.07, 6.45) is 2.12. The van der Waals surface area contributed by atoms with Gasteiger partial charge in [-0.25, -0.2) is 0 Å². The van der Waals surface area contributed by atoms with E-state index in [0.29, 0.717) is 42.5 Å². The summed E-state index contributed by atoms with van der Waals surface area (Å²) in [5.74, 6) is -0.0198. The molecule has 0 atom stereocenters. The van der Waals surface area contributed by atoms with Crippen LogP contribution in [0.25, 0.3) is 0 Å². The third kappa shape index (κ3) is 4.15. The molecular formula is C21H23ClN4O3. The number of hydrogen-bond acceptors (Lipinski definition) is 5. The zero-order valence-electron chi connectivity index (χ0n) is 16.1. The number of carbonyl (C=O) groups is 1. The number of hydrogen-bond donors (Lipinski definition) is 0. The first-order valence-electron chi connectivity index (χ1n) is 9.86. The zero-order chi connectivity index (χ0) is 20.4. The number of piperazine rings is 1. The summed E-state index contributed by atoms with van der Waals surface area (Å²) in [6.45, 7) is 4.27. The lowest BCUT2D eigenvalue weighted by Gasteiger charge is -2.36. The molecule has 0 spiro atoms. The van der Waals surface area contributed by atoms with E-state index in [-0.39, 0.29) is 16.5 Å². The van der Waals surface area contributed by atoms with E-state index in [4.69, 9.17) is 11.6 Å². The van der Waals surface area contributed by atoms with Crippen LogP contribution in [-0.4, -0.2) is 55.0 Å². The van der Waals surface area contributed by atoms with Gasteiger partial charge in [-0.3, -0.25) is 14.9 Å². The topological polar surface area (TPSA) is 69.9 Å². The van der Waals surface area contributed by atoms with Crippen LogP contribution in [0.4, 0.5) is 17.1 Å². The lowest BCUT2D eigenvalue weighted by molar-refractivity contribution is -0.384. The van der Waals surface area contributed by atoms with Crippen LogP contribution in [-0.2, 0) is 0 Å². The molecule has 2 aromatic carbocycles. The molecule has 0 N–H and O–H groups in total. The van der Waals surface area contributed by atoms with E-state index in [1.165, 1.54) is 0 Å². The maximum atomic E-state index is 12.7. The highest BCUT2D eigenvalue weighted by molar-refractivity contribution is 6.30. The Morgan fingerprint density at radius 3 is 2.31 bits per heavy atom. The van der Waals surface area contributed by atoms with Crippen molar-refractivity contribution in [3.63, 3.8) is 0 Å². The van der Waals surface area contributed by atoms with E-state index in [1.807, 2.05) is 17.0 Å². The average Bonchev–Trinajstić information content (AvgIpc) is 3.28. The third-order valence-corrected chi connectivity index (χ3v) is 5.84. The van der Waals surface area contributed by atoms with Crippen molar-refractivity contribution in [2.45, 2.75) is 12.8 Å². The van der Waals surface area contributed by atoms with Crippen molar-refractivity contribution in [3.05, 3.63) is 63.2 Å². The highest BCUT2D eigenvalue weighted by Gasteiger charge is 2.26. The Bertz CT molecular complexity index is 922. The van der Waals surface area contributed by atoms with Crippen LogP contribution in [0.5, 0.6) is 0 Å². The van der Waals surface area contributed by atoms with Crippen molar-refractivity contribution in [2.75, 3.05) is 49.1 Å². The van der Waals surface area contributed by atoms with E-state index in [2.05, 4.69) is 9.80 Å². The number of carbonyl (C=O) groups excluding carboxylic acids is 1. The molecule has 0 bridgehead atoms. The van der Waals surface area contributed by atoms with Crippen LogP contribution in [0.2, 0.25) is 5.02 Å². The Hall–Kier alpha value is -2.80. The second-order valence-corrected chi connectivity index (χ2v) is 7.85. The van der Waals surface area contributed by atoms with E-state index >= 15 is 0 Å². The second-order valence-electron chi connectivity index (χ2n) is 7.41. The Morgan fingerprint density at radius 1 is 0.931 bits per heavy atom. The van der Waals surface area contributed by atoms with Crippen LogP contribution in [0.3, 0.4) is 0 Å². The number of nitro benzene ring substituents is 1. The standard InChI is InChI=1S/C21H23ClN4O3/c22-17-5-3-4-16(14-17)21(27)25-12-10-23(11-13-25)18-6-7-19(26(28)29)20(15-18)24-8-1-2-9-24/h3-7,14-15H,1-2,8-13H2. The fourth-order valence-corrected chi connectivity index (χ4v) is 4.24. The van der Waals surface area contributed by atoms with Gasteiger partial charge in [0.15, 0.2) is 0 Å². The Kier molecular flexibility index (Phi) is 5.58. The molecule has 0 aliphatic carbocycles. The highest BCUT2D eigenvalue weighted by atomic mass is 35.5. The summed E-state index contributed by atoms with van der Waals surface area (Å²) in [5.41, 5.74) is 2.41. The number of anilines is 2. The number of halogens is 1. The molecule has 0 saturated carbocycles. The van der Waals surface area contributed by atoms with Crippen molar-refractivity contribution in [1.82, 2.24) is 4.90 Å².